The zero-order valence-corrected chi connectivity index (χ0v) is 11.7. The van der Waals surface area contributed by atoms with Crippen LogP contribution in [0.2, 0.25) is 5.02 Å². The zero-order chi connectivity index (χ0) is 14.3. The molecular weight excluding hydrogens is 296 g/mol. The fourth-order valence-electron chi connectivity index (χ4n) is 1.92. The van der Waals surface area contributed by atoms with E-state index in [2.05, 4.69) is 9.97 Å². The maximum atomic E-state index is 11.3. The van der Waals surface area contributed by atoms with Crippen LogP contribution in [0.1, 0.15) is 9.67 Å². The first-order chi connectivity index (χ1) is 9.56. The van der Waals surface area contributed by atoms with Crippen molar-refractivity contribution in [1.29, 1.82) is 0 Å². The summed E-state index contributed by atoms with van der Waals surface area (Å²) >= 11 is 7.38. The number of carbonyl (C=O) groups is 1. The van der Waals surface area contributed by atoms with E-state index in [0.717, 1.165) is 5.56 Å². The van der Waals surface area contributed by atoms with Crippen molar-refractivity contribution in [1.82, 2.24) is 9.97 Å². The lowest BCUT2D eigenvalue weighted by atomic mass is 10.1. The monoisotopic (exact) mass is 304 g/mol. The lowest BCUT2D eigenvalue weighted by Crippen LogP contribution is -2.08. The number of rotatable bonds is 2. The number of hydrogen-bond acceptors (Lipinski definition) is 5. The van der Waals surface area contributed by atoms with E-state index in [0.29, 0.717) is 25.8 Å². The molecule has 0 aliphatic heterocycles. The van der Waals surface area contributed by atoms with Gasteiger partial charge in [0.25, 0.3) is 5.91 Å². The first-order valence-electron chi connectivity index (χ1n) is 5.68. The molecule has 0 fully saturated rings. The smallest absolute Gasteiger partial charge is 0.258 e. The summed E-state index contributed by atoms with van der Waals surface area (Å²) in [7, 11) is 0. The Bertz CT molecular complexity index is 830. The molecule has 0 aliphatic carbocycles. The molecular formula is C13H9ClN4OS. The molecule has 100 valence electrons. The number of amides is 1. The van der Waals surface area contributed by atoms with Gasteiger partial charge in [-0.05, 0) is 12.1 Å². The van der Waals surface area contributed by atoms with E-state index in [-0.39, 0.29) is 5.95 Å². The van der Waals surface area contributed by atoms with Gasteiger partial charge >= 0.3 is 0 Å². The Morgan fingerprint density at radius 2 is 2.00 bits per heavy atom. The molecule has 4 N–H and O–H groups in total. The lowest BCUT2D eigenvalue weighted by Gasteiger charge is -2.05. The average Bonchev–Trinajstić information content (AvgIpc) is 2.82. The second kappa shape index (κ2) is 4.73. The molecule has 5 nitrogen and oxygen atoms in total. The number of benzene rings is 1. The van der Waals surface area contributed by atoms with Crippen molar-refractivity contribution >= 4 is 45.0 Å². The maximum Gasteiger partial charge on any atom is 0.258 e. The minimum atomic E-state index is -0.503. The second-order valence-corrected chi connectivity index (χ2v) is 5.54. The molecule has 0 spiro atoms. The third kappa shape index (κ3) is 2.09. The molecule has 3 aromatic rings. The number of fused-ring (bicyclic) bond motifs is 1. The Morgan fingerprint density at radius 3 is 2.70 bits per heavy atom. The van der Waals surface area contributed by atoms with Gasteiger partial charge in [-0.2, -0.15) is 0 Å². The molecule has 3 rings (SSSR count). The number of nitrogens with zero attached hydrogens (tertiary/aromatic N) is 2. The Labute approximate surface area is 123 Å². The van der Waals surface area contributed by atoms with Crippen molar-refractivity contribution in [2.45, 2.75) is 0 Å². The summed E-state index contributed by atoms with van der Waals surface area (Å²) < 4.78 is 0. The van der Waals surface area contributed by atoms with Crippen LogP contribution in [0.5, 0.6) is 0 Å². The number of halogens is 1. The molecule has 0 aliphatic rings. The van der Waals surface area contributed by atoms with Crippen molar-refractivity contribution in [3.63, 3.8) is 0 Å². The van der Waals surface area contributed by atoms with Crippen LogP contribution in [0.25, 0.3) is 21.5 Å². The fraction of sp³-hybridized carbons (Fsp3) is 0. The normalized spacial score (nSPS) is 10.8. The van der Waals surface area contributed by atoms with Gasteiger partial charge < -0.3 is 11.5 Å². The number of primary amides is 1. The molecule has 0 saturated carbocycles. The van der Waals surface area contributed by atoms with Crippen molar-refractivity contribution in [3.8, 4) is 11.3 Å². The lowest BCUT2D eigenvalue weighted by molar-refractivity contribution is 0.100. The van der Waals surface area contributed by atoms with E-state index in [1.165, 1.54) is 11.3 Å². The highest BCUT2D eigenvalue weighted by molar-refractivity contribution is 7.20. The first-order valence-corrected chi connectivity index (χ1v) is 6.87. The van der Waals surface area contributed by atoms with E-state index in [1.807, 2.05) is 18.2 Å². The Kier molecular flexibility index (Phi) is 3.04. The van der Waals surface area contributed by atoms with Crippen LogP contribution < -0.4 is 11.5 Å². The molecule has 7 heteroatoms. The van der Waals surface area contributed by atoms with E-state index in [9.17, 15) is 4.79 Å². The van der Waals surface area contributed by atoms with Gasteiger partial charge in [-0.1, -0.05) is 29.8 Å². The van der Waals surface area contributed by atoms with Crippen LogP contribution in [0.15, 0.2) is 30.3 Å². The molecule has 0 radical (unpaired) electrons. The molecule has 0 atom stereocenters. The van der Waals surface area contributed by atoms with Crippen LogP contribution in [-0.4, -0.2) is 15.9 Å². The summed E-state index contributed by atoms with van der Waals surface area (Å²) in [5.74, 6) is -0.373. The standard InChI is InChI=1S/C13H9ClN4OS/c14-8-4-2-1-3-6(8)10-7-5-9(11(15)19)20-12(7)18-13(16)17-10/h1-5H,(H2,15,19)(H2,16,17,18). The van der Waals surface area contributed by atoms with Crippen molar-refractivity contribution in [2.75, 3.05) is 5.73 Å². The molecule has 20 heavy (non-hydrogen) atoms. The number of nitrogen functional groups attached to an aromatic ring is 1. The van der Waals surface area contributed by atoms with E-state index in [1.54, 1.807) is 12.1 Å². The van der Waals surface area contributed by atoms with Crippen LogP contribution in [0.4, 0.5) is 5.95 Å². The molecule has 0 saturated heterocycles. The summed E-state index contributed by atoms with van der Waals surface area (Å²) in [6.07, 6.45) is 0. The summed E-state index contributed by atoms with van der Waals surface area (Å²) in [4.78, 5) is 20.7. The van der Waals surface area contributed by atoms with Gasteiger partial charge in [0.1, 0.15) is 4.83 Å². The zero-order valence-electron chi connectivity index (χ0n) is 10.1. The minimum Gasteiger partial charge on any atom is -0.368 e. The van der Waals surface area contributed by atoms with Gasteiger partial charge in [0, 0.05) is 16.0 Å². The Hall–Kier alpha value is -2.18. The highest BCUT2D eigenvalue weighted by Crippen LogP contribution is 2.35. The molecule has 1 aromatic carbocycles. The first kappa shape index (κ1) is 12.8. The maximum absolute atomic E-state index is 11.3. The SMILES string of the molecule is NC(=O)c1cc2c(-c3ccccc3Cl)nc(N)nc2s1. The van der Waals surface area contributed by atoms with Crippen molar-refractivity contribution < 1.29 is 4.79 Å². The summed E-state index contributed by atoms with van der Waals surface area (Å²) in [6.45, 7) is 0. The third-order valence-electron chi connectivity index (χ3n) is 2.78. The fourth-order valence-corrected chi connectivity index (χ4v) is 3.03. The Morgan fingerprint density at radius 1 is 1.25 bits per heavy atom. The highest BCUT2D eigenvalue weighted by atomic mass is 35.5. The summed E-state index contributed by atoms with van der Waals surface area (Å²) in [5.41, 5.74) is 12.4. The van der Waals surface area contributed by atoms with Gasteiger partial charge in [-0.25, -0.2) is 9.97 Å². The van der Waals surface area contributed by atoms with E-state index >= 15 is 0 Å². The van der Waals surface area contributed by atoms with Crippen molar-refractivity contribution in [3.05, 3.63) is 40.2 Å². The van der Waals surface area contributed by atoms with Crippen LogP contribution in [-0.2, 0) is 0 Å². The number of anilines is 1. The van der Waals surface area contributed by atoms with Gasteiger partial charge in [0.05, 0.1) is 10.6 Å². The predicted molar refractivity (Wildman–Crippen MR) is 80.8 cm³/mol. The van der Waals surface area contributed by atoms with Crippen LogP contribution in [0.3, 0.4) is 0 Å². The third-order valence-corrected chi connectivity index (χ3v) is 4.15. The number of thiophene rings is 1. The molecule has 2 aromatic heterocycles. The number of carbonyl (C=O) groups excluding carboxylic acids is 1. The van der Waals surface area contributed by atoms with Gasteiger partial charge in [-0.15, -0.1) is 11.3 Å². The minimum absolute atomic E-state index is 0.130. The van der Waals surface area contributed by atoms with Crippen LogP contribution in [0, 0.1) is 0 Å². The topological polar surface area (TPSA) is 94.9 Å². The van der Waals surface area contributed by atoms with E-state index in [4.69, 9.17) is 23.1 Å². The Balaban J connectivity index is 2.35. The van der Waals surface area contributed by atoms with E-state index < -0.39 is 5.91 Å². The number of hydrogen-bond donors (Lipinski definition) is 2. The summed E-state index contributed by atoms with van der Waals surface area (Å²) in [5, 5.41) is 1.27. The largest absolute Gasteiger partial charge is 0.368 e. The molecule has 0 bridgehead atoms. The molecule has 1 amide bonds. The average molecular weight is 305 g/mol. The second-order valence-electron chi connectivity index (χ2n) is 4.10. The van der Waals surface area contributed by atoms with Gasteiger partial charge in [0.15, 0.2) is 0 Å². The predicted octanol–water partition coefficient (Wildman–Crippen LogP) is 2.69. The highest BCUT2D eigenvalue weighted by Gasteiger charge is 2.16. The van der Waals surface area contributed by atoms with Gasteiger partial charge in [0.2, 0.25) is 5.95 Å². The van der Waals surface area contributed by atoms with Gasteiger partial charge in [-0.3, -0.25) is 4.79 Å². The summed E-state index contributed by atoms with van der Waals surface area (Å²) in [6, 6.07) is 8.96. The molecule has 2 heterocycles. The van der Waals surface area contributed by atoms with Crippen molar-refractivity contribution in [2.24, 2.45) is 5.73 Å². The van der Waals surface area contributed by atoms with Crippen LogP contribution >= 0.6 is 22.9 Å². The number of nitrogens with two attached hydrogens (primary N) is 2. The quantitative estimate of drug-likeness (QED) is 0.761. The molecule has 0 unspecified atom stereocenters. The number of aromatic nitrogens is 2.